The van der Waals surface area contributed by atoms with E-state index in [1.807, 2.05) is 0 Å². The summed E-state index contributed by atoms with van der Waals surface area (Å²) in [7, 11) is 0. The van der Waals surface area contributed by atoms with Gasteiger partial charge >= 0.3 is 0 Å². The molecule has 30 heavy (non-hydrogen) atoms. The van der Waals surface area contributed by atoms with E-state index in [4.69, 9.17) is 4.74 Å². The monoisotopic (exact) mass is 400 g/mol. The van der Waals surface area contributed by atoms with Gasteiger partial charge in [0, 0.05) is 0 Å². The van der Waals surface area contributed by atoms with Crippen molar-refractivity contribution in [2.24, 2.45) is 0 Å². The fourth-order valence-electron chi connectivity index (χ4n) is 3.62. The molecule has 3 aromatic rings. The highest BCUT2D eigenvalue weighted by Gasteiger charge is 2.15. The summed E-state index contributed by atoms with van der Waals surface area (Å²) in [5, 5.41) is 0. The summed E-state index contributed by atoms with van der Waals surface area (Å²) >= 11 is 0. The van der Waals surface area contributed by atoms with Crippen LogP contribution in [-0.4, -0.2) is 0 Å². The summed E-state index contributed by atoms with van der Waals surface area (Å²) < 4.78 is 6.37. The van der Waals surface area contributed by atoms with Gasteiger partial charge in [-0.3, -0.25) is 0 Å². The maximum atomic E-state index is 6.37. The van der Waals surface area contributed by atoms with E-state index >= 15 is 0 Å². The normalized spacial score (nSPS) is 12.1. The number of hydrogen-bond donors (Lipinski definition) is 0. The Balaban J connectivity index is 1.91. The number of aryl methyl sites for hydroxylation is 1. The third-order valence-corrected chi connectivity index (χ3v) is 5.62. The Labute approximate surface area is 183 Å². The smallest absolute Gasteiger partial charge is 0.131 e. The lowest BCUT2D eigenvalue weighted by atomic mass is 9.86. The molecule has 0 aliphatic heterocycles. The van der Waals surface area contributed by atoms with Gasteiger partial charge in [0.25, 0.3) is 0 Å². The van der Waals surface area contributed by atoms with Crippen LogP contribution in [0.25, 0.3) is 11.1 Å². The third-order valence-electron chi connectivity index (χ3n) is 5.62. The molecular formula is C29H36O. The zero-order chi connectivity index (χ0) is 21.9. The maximum Gasteiger partial charge on any atom is 0.131 e. The van der Waals surface area contributed by atoms with E-state index in [9.17, 15) is 0 Å². The lowest BCUT2D eigenvalue weighted by Crippen LogP contribution is -2.10. The summed E-state index contributed by atoms with van der Waals surface area (Å²) in [5.74, 6) is 1.85. The first kappa shape index (κ1) is 22.2. The molecule has 0 aliphatic carbocycles. The Morgan fingerprint density at radius 1 is 0.633 bits per heavy atom. The largest absolute Gasteiger partial charge is 0.457 e. The van der Waals surface area contributed by atoms with Gasteiger partial charge in [0.2, 0.25) is 0 Å². The first-order valence-electron chi connectivity index (χ1n) is 11.1. The molecule has 0 spiro atoms. The Morgan fingerprint density at radius 3 is 1.63 bits per heavy atom. The van der Waals surface area contributed by atoms with E-state index in [-0.39, 0.29) is 10.8 Å². The van der Waals surface area contributed by atoms with Crippen LogP contribution < -0.4 is 4.74 Å². The number of hydrogen-bond acceptors (Lipinski definition) is 1. The van der Waals surface area contributed by atoms with E-state index in [1.165, 1.54) is 27.8 Å². The molecular weight excluding hydrogens is 364 g/mol. The molecule has 0 saturated carbocycles. The second kappa shape index (κ2) is 8.68. The highest BCUT2D eigenvalue weighted by molar-refractivity contribution is 5.67. The van der Waals surface area contributed by atoms with Crippen LogP contribution in [0.5, 0.6) is 11.5 Å². The van der Waals surface area contributed by atoms with Crippen molar-refractivity contribution in [2.75, 3.05) is 0 Å². The van der Waals surface area contributed by atoms with Gasteiger partial charge in [0.1, 0.15) is 11.5 Å². The minimum Gasteiger partial charge on any atom is -0.457 e. The van der Waals surface area contributed by atoms with E-state index in [0.29, 0.717) is 0 Å². The molecule has 0 atom stereocenters. The number of benzene rings is 3. The van der Waals surface area contributed by atoms with E-state index in [0.717, 1.165) is 24.3 Å². The standard InChI is InChI=1S/C29H36O/c1-8-9-22-10-11-23(21-12-14-24(15-13-21)28(2,3)4)20-27(22)30-26-18-16-25(17-19-26)29(5,6)7/h10-20H,8-9H2,1-7H3. The molecule has 0 aromatic heterocycles. The zero-order valence-electron chi connectivity index (χ0n) is 19.7. The Kier molecular flexibility index (Phi) is 6.41. The molecule has 0 fully saturated rings. The van der Waals surface area contributed by atoms with Crippen molar-refractivity contribution in [1.82, 2.24) is 0 Å². The molecule has 0 saturated heterocycles. The van der Waals surface area contributed by atoms with Gasteiger partial charge in [-0.2, -0.15) is 0 Å². The zero-order valence-corrected chi connectivity index (χ0v) is 19.7. The second-order valence-electron chi connectivity index (χ2n) is 10.3. The van der Waals surface area contributed by atoms with Crippen LogP contribution in [0.4, 0.5) is 0 Å². The van der Waals surface area contributed by atoms with E-state index in [2.05, 4.69) is 115 Å². The summed E-state index contributed by atoms with van der Waals surface area (Å²) in [6.45, 7) is 15.7. The number of rotatable bonds is 5. The minimum absolute atomic E-state index is 0.144. The lowest BCUT2D eigenvalue weighted by Gasteiger charge is -2.20. The van der Waals surface area contributed by atoms with Gasteiger partial charge in [-0.15, -0.1) is 0 Å². The Morgan fingerprint density at radius 2 is 1.13 bits per heavy atom. The average Bonchev–Trinajstić information content (AvgIpc) is 2.69. The van der Waals surface area contributed by atoms with Crippen LogP contribution in [0.2, 0.25) is 0 Å². The average molecular weight is 401 g/mol. The summed E-state index contributed by atoms with van der Waals surface area (Å²) in [5.41, 5.74) is 6.64. The van der Waals surface area contributed by atoms with Crippen molar-refractivity contribution in [3.63, 3.8) is 0 Å². The highest BCUT2D eigenvalue weighted by Crippen LogP contribution is 2.34. The first-order valence-corrected chi connectivity index (χ1v) is 11.1. The summed E-state index contributed by atoms with van der Waals surface area (Å²) in [6.07, 6.45) is 2.11. The molecule has 0 unspecified atom stereocenters. The van der Waals surface area contributed by atoms with Crippen LogP contribution in [0.15, 0.2) is 66.7 Å². The fraction of sp³-hybridized carbons (Fsp3) is 0.379. The molecule has 0 aliphatic rings. The SMILES string of the molecule is CCCc1ccc(-c2ccc(C(C)(C)C)cc2)cc1Oc1ccc(C(C)(C)C)cc1. The van der Waals surface area contributed by atoms with Crippen molar-refractivity contribution in [3.05, 3.63) is 83.4 Å². The van der Waals surface area contributed by atoms with Crippen LogP contribution in [0, 0.1) is 0 Å². The second-order valence-corrected chi connectivity index (χ2v) is 10.3. The van der Waals surface area contributed by atoms with Crippen molar-refractivity contribution >= 4 is 0 Å². The maximum absolute atomic E-state index is 6.37. The van der Waals surface area contributed by atoms with Crippen LogP contribution >= 0.6 is 0 Å². The fourth-order valence-corrected chi connectivity index (χ4v) is 3.62. The quantitative estimate of drug-likeness (QED) is 0.416. The third kappa shape index (κ3) is 5.33. The number of ether oxygens (including phenoxy) is 1. The molecule has 3 rings (SSSR count). The molecule has 0 heterocycles. The van der Waals surface area contributed by atoms with E-state index < -0.39 is 0 Å². The summed E-state index contributed by atoms with van der Waals surface area (Å²) in [6, 6.07) is 24.0. The molecule has 0 radical (unpaired) electrons. The van der Waals surface area contributed by atoms with Crippen LogP contribution in [-0.2, 0) is 17.3 Å². The Hall–Kier alpha value is -2.54. The van der Waals surface area contributed by atoms with Gasteiger partial charge in [0.05, 0.1) is 0 Å². The molecule has 1 heteroatoms. The minimum atomic E-state index is 0.144. The predicted octanol–water partition coefficient (Wildman–Crippen LogP) is 8.69. The predicted molar refractivity (Wildman–Crippen MR) is 130 cm³/mol. The lowest BCUT2D eigenvalue weighted by molar-refractivity contribution is 0.475. The van der Waals surface area contributed by atoms with Gasteiger partial charge in [-0.25, -0.2) is 0 Å². The van der Waals surface area contributed by atoms with E-state index in [1.54, 1.807) is 0 Å². The first-order chi connectivity index (χ1) is 14.1. The van der Waals surface area contributed by atoms with Crippen molar-refractivity contribution in [3.8, 4) is 22.6 Å². The molecule has 0 N–H and O–H groups in total. The molecule has 0 bridgehead atoms. The van der Waals surface area contributed by atoms with Gasteiger partial charge in [-0.1, -0.05) is 103 Å². The van der Waals surface area contributed by atoms with Crippen LogP contribution in [0.1, 0.15) is 71.6 Å². The molecule has 3 aromatic carbocycles. The topological polar surface area (TPSA) is 9.23 Å². The van der Waals surface area contributed by atoms with Gasteiger partial charge in [0.15, 0.2) is 0 Å². The van der Waals surface area contributed by atoms with Crippen molar-refractivity contribution in [1.29, 1.82) is 0 Å². The van der Waals surface area contributed by atoms with Gasteiger partial charge < -0.3 is 4.74 Å². The molecule has 1 nitrogen and oxygen atoms in total. The van der Waals surface area contributed by atoms with Crippen LogP contribution in [0.3, 0.4) is 0 Å². The highest BCUT2D eigenvalue weighted by atomic mass is 16.5. The summed E-state index contributed by atoms with van der Waals surface area (Å²) in [4.78, 5) is 0. The van der Waals surface area contributed by atoms with Gasteiger partial charge in [-0.05, 0) is 63.3 Å². The van der Waals surface area contributed by atoms with Crippen molar-refractivity contribution in [2.45, 2.75) is 72.1 Å². The molecule has 0 amide bonds. The van der Waals surface area contributed by atoms with Crippen molar-refractivity contribution < 1.29 is 4.74 Å². The Bertz CT molecular complexity index is 965. The molecule has 158 valence electrons.